The lowest BCUT2D eigenvalue weighted by Gasteiger charge is -2.30. The predicted octanol–water partition coefficient (Wildman–Crippen LogP) is 3.86. The zero-order valence-electron chi connectivity index (χ0n) is 16.0. The predicted molar refractivity (Wildman–Crippen MR) is 108 cm³/mol. The van der Waals surface area contributed by atoms with E-state index in [4.69, 9.17) is 4.74 Å². The molecule has 142 valence electrons. The Morgan fingerprint density at radius 1 is 1.07 bits per heavy atom. The van der Waals surface area contributed by atoms with E-state index in [1.165, 1.54) is 0 Å². The highest BCUT2D eigenvalue weighted by Gasteiger charge is 2.17. The number of amides is 1. The number of hydrogen-bond acceptors (Lipinski definition) is 4. The molecule has 0 radical (unpaired) electrons. The SMILES string of the molecule is CC(C)N1CCC(=NNC(=O)c2ccc(OCc3ccccc3)cc2)CC1. The lowest BCUT2D eigenvalue weighted by Crippen LogP contribution is -2.39. The molecule has 0 atom stereocenters. The molecule has 3 rings (SSSR count). The van der Waals surface area contributed by atoms with Crippen molar-refractivity contribution >= 4 is 11.6 Å². The molecule has 0 spiro atoms. The molecule has 0 saturated carbocycles. The quantitative estimate of drug-likeness (QED) is 0.791. The van der Waals surface area contributed by atoms with E-state index in [9.17, 15) is 4.79 Å². The van der Waals surface area contributed by atoms with E-state index in [0.717, 1.165) is 43.0 Å². The lowest BCUT2D eigenvalue weighted by atomic mass is 10.1. The van der Waals surface area contributed by atoms with Crippen LogP contribution in [0.25, 0.3) is 0 Å². The molecule has 1 fully saturated rings. The Morgan fingerprint density at radius 3 is 2.37 bits per heavy atom. The number of rotatable bonds is 6. The minimum Gasteiger partial charge on any atom is -0.489 e. The summed E-state index contributed by atoms with van der Waals surface area (Å²) in [6, 6.07) is 17.7. The first-order chi connectivity index (χ1) is 13.1. The standard InChI is InChI=1S/C22H27N3O2/c1-17(2)25-14-12-20(13-15-25)23-24-22(26)19-8-10-21(11-9-19)27-16-18-6-4-3-5-7-18/h3-11,17H,12-16H2,1-2H3,(H,24,26). The Kier molecular flexibility index (Phi) is 6.60. The summed E-state index contributed by atoms with van der Waals surface area (Å²) < 4.78 is 5.75. The van der Waals surface area contributed by atoms with Gasteiger partial charge in [0.25, 0.3) is 5.91 Å². The van der Waals surface area contributed by atoms with Crippen molar-refractivity contribution in [2.45, 2.75) is 39.3 Å². The van der Waals surface area contributed by atoms with E-state index >= 15 is 0 Å². The first-order valence-corrected chi connectivity index (χ1v) is 9.48. The molecule has 2 aromatic carbocycles. The van der Waals surface area contributed by atoms with Gasteiger partial charge in [-0.05, 0) is 43.7 Å². The smallest absolute Gasteiger partial charge is 0.271 e. The molecule has 1 amide bonds. The highest BCUT2D eigenvalue weighted by molar-refractivity contribution is 5.95. The number of hydrogen-bond donors (Lipinski definition) is 1. The molecular weight excluding hydrogens is 338 g/mol. The van der Waals surface area contributed by atoms with Crippen LogP contribution in [0.3, 0.4) is 0 Å². The Bertz CT molecular complexity index is 760. The molecule has 1 aliphatic rings. The van der Waals surface area contributed by atoms with Crippen LogP contribution in [0, 0.1) is 0 Å². The van der Waals surface area contributed by atoms with Gasteiger partial charge in [-0.3, -0.25) is 4.79 Å². The van der Waals surface area contributed by atoms with Gasteiger partial charge in [0.2, 0.25) is 0 Å². The average molecular weight is 365 g/mol. The lowest BCUT2D eigenvalue weighted by molar-refractivity contribution is 0.0954. The van der Waals surface area contributed by atoms with Gasteiger partial charge in [-0.2, -0.15) is 5.10 Å². The van der Waals surface area contributed by atoms with Crippen LogP contribution in [0.1, 0.15) is 42.6 Å². The highest BCUT2D eigenvalue weighted by Crippen LogP contribution is 2.15. The normalized spacial score (nSPS) is 14.9. The number of benzene rings is 2. The van der Waals surface area contributed by atoms with Crippen LogP contribution in [-0.4, -0.2) is 35.7 Å². The van der Waals surface area contributed by atoms with Crippen molar-refractivity contribution < 1.29 is 9.53 Å². The molecule has 2 aromatic rings. The summed E-state index contributed by atoms with van der Waals surface area (Å²) in [5.74, 6) is 0.547. The Balaban J connectivity index is 1.48. The summed E-state index contributed by atoms with van der Waals surface area (Å²) >= 11 is 0. The van der Waals surface area contributed by atoms with Gasteiger partial charge in [0.1, 0.15) is 12.4 Å². The summed E-state index contributed by atoms with van der Waals surface area (Å²) in [5, 5.41) is 4.31. The van der Waals surface area contributed by atoms with Gasteiger partial charge in [-0.15, -0.1) is 0 Å². The third-order valence-electron chi connectivity index (χ3n) is 4.79. The second kappa shape index (κ2) is 9.33. The van der Waals surface area contributed by atoms with Gasteiger partial charge in [0.05, 0.1) is 0 Å². The minimum absolute atomic E-state index is 0.191. The second-order valence-corrected chi connectivity index (χ2v) is 7.05. The number of piperidine rings is 1. The van der Waals surface area contributed by atoms with E-state index in [0.29, 0.717) is 18.2 Å². The fourth-order valence-electron chi connectivity index (χ4n) is 3.05. The number of ether oxygens (including phenoxy) is 1. The number of nitrogens with one attached hydrogen (secondary N) is 1. The third-order valence-corrected chi connectivity index (χ3v) is 4.79. The van der Waals surface area contributed by atoms with Crippen LogP contribution in [0.15, 0.2) is 59.7 Å². The van der Waals surface area contributed by atoms with Crippen molar-refractivity contribution in [3.63, 3.8) is 0 Å². The van der Waals surface area contributed by atoms with Crippen LogP contribution in [-0.2, 0) is 6.61 Å². The van der Waals surface area contributed by atoms with Gasteiger partial charge in [-0.1, -0.05) is 30.3 Å². The summed E-state index contributed by atoms with van der Waals surface area (Å²) in [4.78, 5) is 14.7. The third kappa shape index (κ3) is 5.66. The minimum atomic E-state index is -0.191. The van der Waals surface area contributed by atoms with E-state index in [1.807, 2.05) is 42.5 Å². The van der Waals surface area contributed by atoms with Crippen molar-refractivity contribution in [1.82, 2.24) is 10.3 Å². The molecule has 1 N–H and O–H groups in total. The van der Waals surface area contributed by atoms with Crippen LogP contribution >= 0.6 is 0 Å². The number of hydrazone groups is 1. The summed E-state index contributed by atoms with van der Waals surface area (Å²) in [6.45, 7) is 6.92. The van der Waals surface area contributed by atoms with Gasteiger partial charge in [-0.25, -0.2) is 5.43 Å². The van der Waals surface area contributed by atoms with Gasteiger partial charge < -0.3 is 9.64 Å². The first kappa shape index (κ1) is 19.1. The Morgan fingerprint density at radius 2 is 1.74 bits per heavy atom. The van der Waals surface area contributed by atoms with Gasteiger partial charge in [0, 0.05) is 43.2 Å². The van der Waals surface area contributed by atoms with E-state index in [1.54, 1.807) is 12.1 Å². The van der Waals surface area contributed by atoms with Crippen LogP contribution in [0.2, 0.25) is 0 Å². The fraction of sp³-hybridized carbons (Fsp3) is 0.364. The monoisotopic (exact) mass is 365 g/mol. The molecular formula is C22H27N3O2. The Labute approximate surface area is 161 Å². The summed E-state index contributed by atoms with van der Waals surface area (Å²) in [7, 11) is 0. The fourth-order valence-corrected chi connectivity index (χ4v) is 3.05. The summed E-state index contributed by atoms with van der Waals surface area (Å²) in [5.41, 5.74) is 5.42. The molecule has 5 nitrogen and oxygen atoms in total. The molecule has 0 bridgehead atoms. The molecule has 1 heterocycles. The molecule has 0 unspecified atom stereocenters. The van der Waals surface area contributed by atoms with Crippen molar-refractivity contribution in [2.24, 2.45) is 5.10 Å². The van der Waals surface area contributed by atoms with E-state index < -0.39 is 0 Å². The van der Waals surface area contributed by atoms with Crippen molar-refractivity contribution in [3.8, 4) is 5.75 Å². The number of nitrogens with zero attached hydrogens (tertiary/aromatic N) is 2. The number of carbonyl (C=O) groups is 1. The maximum Gasteiger partial charge on any atom is 0.271 e. The maximum absolute atomic E-state index is 12.3. The zero-order valence-corrected chi connectivity index (χ0v) is 16.0. The van der Waals surface area contributed by atoms with E-state index in [2.05, 4.69) is 29.3 Å². The molecule has 27 heavy (non-hydrogen) atoms. The van der Waals surface area contributed by atoms with Crippen molar-refractivity contribution in [2.75, 3.05) is 13.1 Å². The summed E-state index contributed by atoms with van der Waals surface area (Å²) in [6.07, 6.45) is 1.81. The average Bonchev–Trinajstić information content (AvgIpc) is 2.72. The molecule has 1 aliphatic heterocycles. The van der Waals surface area contributed by atoms with Gasteiger partial charge in [0.15, 0.2) is 0 Å². The largest absolute Gasteiger partial charge is 0.489 e. The molecule has 0 aliphatic carbocycles. The topological polar surface area (TPSA) is 53.9 Å². The zero-order chi connectivity index (χ0) is 19.1. The van der Waals surface area contributed by atoms with Crippen molar-refractivity contribution in [3.05, 3.63) is 65.7 Å². The Hall–Kier alpha value is -2.66. The van der Waals surface area contributed by atoms with Crippen molar-refractivity contribution in [1.29, 1.82) is 0 Å². The van der Waals surface area contributed by atoms with E-state index in [-0.39, 0.29) is 5.91 Å². The first-order valence-electron chi connectivity index (χ1n) is 9.48. The van der Waals surface area contributed by atoms with Crippen LogP contribution in [0.5, 0.6) is 5.75 Å². The molecule has 5 heteroatoms. The van der Waals surface area contributed by atoms with Crippen LogP contribution < -0.4 is 10.2 Å². The van der Waals surface area contributed by atoms with Gasteiger partial charge >= 0.3 is 0 Å². The number of likely N-dealkylation sites (tertiary alicyclic amines) is 1. The highest BCUT2D eigenvalue weighted by atomic mass is 16.5. The maximum atomic E-state index is 12.3. The number of carbonyl (C=O) groups excluding carboxylic acids is 1. The molecule has 0 aromatic heterocycles. The molecule has 1 saturated heterocycles. The van der Waals surface area contributed by atoms with Crippen LogP contribution in [0.4, 0.5) is 0 Å². The second-order valence-electron chi connectivity index (χ2n) is 7.05.